The van der Waals surface area contributed by atoms with Crippen molar-refractivity contribution in [1.82, 2.24) is 19.7 Å². The quantitative estimate of drug-likeness (QED) is 0.529. The van der Waals surface area contributed by atoms with Crippen LogP contribution in [-0.4, -0.2) is 19.7 Å². The molecule has 2 aromatic heterocycles. The van der Waals surface area contributed by atoms with Crippen molar-refractivity contribution in [2.24, 2.45) is 0 Å². The predicted molar refractivity (Wildman–Crippen MR) is 97.3 cm³/mol. The lowest BCUT2D eigenvalue weighted by Crippen LogP contribution is -2.21. The first kappa shape index (κ1) is 15.7. The minimum absolute atomic E-state index is 0.151. The van der Waals surface area contributed by atoms with Crippen molar-refractivity contribution in [3.05, 3.63) is 75.1 Å². The van der Waals surface area contributed by atoms with Gasteiger partial charge < -0.3 is 4.52 Å². The number of halogens is 1. The van der Waals surface area contributed by atoms with Crippen molar-refractivity contribution >= 4 is 26.8 Å². The van der Waals surface area contributed by atoms with Crippen LogP contribution in [0.25, 0.3) is 22.3 Å². The molecule has 0 unspecified atom stereocenters. The van der Waals surface area contributed by atoms with Crippen LogP contribution in [0, 0.1) is 6.92 Å². The summed E-state index contributed by atoms with van der Waals surface area (Å²) in [6.45, 7) is 2.16. The highest BCUT2D eigenvalue weighted by Gasteiger charge is 2.12. The standard InChI is InChI=1S/C18H13BrN4O2/c1-11-4-2-3-5-13(11)17-21-16(25-22-17)9-23-10-20-15-7-6-12(19)8-14(15)18(23)24/h2-8,10H,9H2,1H3. The highest BCUT2D eigenvalue weighted by Crippen LogP contribution is 2.20. The summed E-state index contributed by atoms with van der Waals surface area (Å²) in [5.41, 5.74) is 2.46. The SMILES string of the molecule is Cc1ccccc1-c1noc(Cn2cnc3ccc(Br)cc3c2=O)n1. The molecule has 4 aromatic rings. The van der Waals surface area contributed by atoms with E-state index in [4.69, 9.17) is 4.52 Å². The van der Waals surface area contributed by atoms with Gasteiger partial charge in [0.25, 0.3) is 5.56 Å². The first-order valence-electron chi connectivity index (χ1n) is 7.65. The number of nitrogens with zero attached hydrogens (tertiary/aromatic N) is 4. The van der Waals surface area contributed by atoms with Crippen molar-refractivity contribution in [1.29, 1.82) is 0 Å². The lowest BCUT2D eigenvalue weighted by Gasteiger charge is -2.04. The van der Waals surface area contributed by atoms with Crippen LogP contribution in [0.1, 0.15) is 11.5 Å². The summed E-state index contributed by atoms with van der Waals surface area (Å²) in [5, 5.41) is 4.56. The molecular formula is C18H13BrN4O2. The maximum Gasteiger partial charge on any atom is 0.261 e. The largest absolute Gasteiger partial charge is 0.337 e. The summed E-state index contributed by atoms with van der Waals surface area (Å²) in [4.78, 5) is 21.3. The van der Waals surface area contributed by atoms with Crippen LogP contribution in [0.15, 0.2) is 62.6 Å². The van der Waals surface area contributed by atoms with Gasteiger partial charge in [0.05, 0.1) is 17.2 Å². The molecule has 0 N–H and O–H groups in total. The zero-order valence-corrected chi connectivity index (χ0v) is 14.9. The molecule has 0 bridgehead atoms. The number of aryl methyl sites for hydroxylation is 1. The third-order valence-corrected chi connectivity index (χ3v) is 4.44. The normalized spacial score (nSPS) is 11.1. The smallest absolute Gasteiger partial charge is 0.261 e. The van der Waals surface area contributed by atoms with Gasteiger partial charge in [0.15, 0.2) is 0 Å². The molecule has 2 aromatic carbocycles. The summed E-state index contributed by atoms with van der Waals surface area (Å²) in [6, 6.07) is 13.2. The molecule has 4 rings (SSSR count). The molecule has 6 nitrogen and oxygen atoms in total. The summed E-state index contributed by atoms with van der Waals surface area (Å²) in [6.07, 6.45) is 1.50. The average molecular weight is 397 g/mol. The summed E-state index contributed by atoms with van der Waals surface area (Å²) < 4.78 is 7.60. The van der Waals surface area contributed by atoms with E-state index < -0.39 is 0 Å². The number of fused-ring (bicyclic) bond motifs is 1. The zero-order chi connectivity index (χ0) is 17.4. The zero-order valence-electron chi connectivity index (χ0n) is 13.3. The van der Waals surface area contributed by atoms with Gasteiger partial charge in [-0.15, -0.1) is 0 Å². The molecule has 0 aliphatic rings. The lowest BCUT2D eigenvalue weighted by molar-refractivity contribution is 0.369. The van der Waals surface area contributed by atoms with Gasteiger partial charge in [-0.05, 0) is 30.7 Å². The molecule has 0 amide bonds. The Labute approximate surface area is 151 Å². The third kappa shape index (κ3) is 2.98. The Morgan fingerprint density at radius 3 is 2.88 bits per heavy atom. The van der Waals surface area contributed by atoms with Gasteiger partial charge in [0.2, 0.25) is 11.7 Å². The Morgan fingerprint density at radius 2 is 2.04 bits per heavy atom. The van der Waals surface area contributed by atoms with Crippen molar-refractivity contribution in [3.8, 4) is 11.4 Å². The fourth-order valence-electron chi connectivity index (χ4n) is 2.64. The molecule has 0 aliphatic carbocycles. The highest BCUT2D eigenvalue weighted by molar-refractivity contribution is 9.10. The van der Waals surface area contributed by atoms with E-state index in [0.29, 0.717) is 22.6 Å². The molecule has 0 fully saturated rings. The molecular weight excluding hydrogens is 384 g/mol. The van der Waals surface area contributed by atoms with Gasteiger partial charge in [-0.3, -0.25) is 9.36 Å². The molecule has 0 radical (unpaired) electrons. The van der Waals surface area contributed by atoms with Crippen molar-refractivity contribution < 1.29 is 4.52 Å². The van der Waals surface area contributed by atoms with E-state index in [1.54, 1.807) is 12.1 Å². The second-order valence-electron chi connectivity index (χ2n) is 5.67. The molecule has 0 atom stereocenters. The topological polar surface area (TPSA) is 73.8 Å². The van der Waals surface area contributed by atoms with E-state index in [0.717, 1.165) is 15.6 Å². The van der Waals surface area contributed by atoms with Gasteiger partial charge in [-0.25, -0.2) is 4.98 Å². The van der Waals surface area contributed by atoms with Crippen LogP contribution in [0.2, 0.25) is 0 Å². The predicted octanol–water partition coefficient (Wildman–Crippen LogP) is 3.57. The highest BCUT2D eigenvalue weighted by atomic mass is 79.9. The Bertz CT molecular complexity index is 1130. The average Bonchev–Trinajstić information content (AvgIpc) is 3.07. The van der Waals surface area contributed by atoms with Crippen LogP contribution in [0.5, 0.6) is 0 Å². The second kappa shape index (κ2) is 6.25. The monoisotopic (exact) mass is 396 g/mol. The molecule has 7 heteroatoms. The van der Waals surface area contributed by atoms with Crippen molar-refractivity contribution in [2.75, 3.05) is 0 Å². The van der Waals surface area contributed by atoms with E-state index in [1.807, 2.05) is 37.3 Å². The fraction of sp³-hybridized carbons (Fsp3) is 0.111. The first-order chi connectivity index (χ1) is 12.1. The minimum atomic E-state index is -0.151. The van der Waals surface area contributed by atoms with Crippen molar-refractivity contribution in [2.45, 2.75) is 13.5 Å². The lowest BCUT2D eigenvalue weighted by atomic mass is 10.1. The minimum Gasteiger partial charge on any atom is -0.337 e. The maximum absolute atomic E-state index is 12.6. The summed E-state index contributed by atoms with van der Waals surface area (Å²) in [7, 11) is 0. The maximum atomic E-state index is 12.6. The van der Waals surface area contributed by atoms with E-state index in [-0.39, 0.29) is 12.1 Å². The molecule has 0 saturated carbocycles. The third-order valence-electron chi connectivity index (χ3n) is 3.95. The number of benzene rings is 2. The van der Waals surface area contributed by atoms with Gasteiger partial charge in [0.1, 0.15) is 6.54 Å². The summed E-state index contributed by atoms with van der Waals surface area (Å²) in [5.74, 6) is 0.870. The van der Waals surface area contributed by atoms with Crippen LogP contribution >= 0.6 is 15.9 Å². The number of hydrogen-bond donors (Lipinski definition) is 0. The summed E-state index contributed by atoms with van der Waals surface area (Å²) >= 11 is 3.38. The Hall–Kier alpha value is -2.80. The number of hydrogen-bond acceptors (Lipinski definition) is 5. The molecule has 25 heavy (non-hydrogen) atoms. The molecule has 124 valence electrons. The van der Waals surface area contributed by atoms with Crippen LogP contribution < -0.4 is 5.56 Å². The number of aromatic nitrogens is 4. The van der Waals surface area contributed by atoms with Gasteiger partial charge in [-0.2, -0.15) is 4.98 Å². The van der Waals surface area contributed by atoms with Gasteiger partial charge in [0, 0.05) is 10.0 Å². The van der Waals surface area contributed by atoms with Gasteiger partial charge in [-0.1, -0.05) is 45.4 Å². The van der Waals surface area contributed by atoms with E-state index in [9.17, 15) is 4.79 Å². The molecule has 2 heterocycles. The van der Waals surface area contributed by atoms with E-state index in [1.165, 1.54) is 10.9 Å². The van der Waals surface area contributed by atoms with Crippen LogP contribution in [0.3, 0.4) is 0 Å². The second-order valence-corrected chi connectivity index (χ2v) is 6.58. The molecule has 0 aliphatic heterocycles. The van der Waals surface area contributed by atoms with E-state index in [2.05, 4.69) is 31.1 Å². The van der Waals surface area contributed by atoms with Crippen LogP contribution in [-0.2, 0) is 6.54 Å². The van der Waals surface area contributed by atoms with Crippen LogP contribution in [0.4, 0.5) is 0 Å². The Balaban J connectivity index is 1.70. The number of rotatable bonds is 3. The van der Waals surface area contributed by atoms with Crippen molar-refractivity contribution in [3.63, 3.8) is 0 Å². The Kier molecular flexibility index (Phi) is 3.93. The van der Waals surface area contributed by atoms with E-state index >= 15 is 0 Å². The first-order valence-corrected chi connectivity index (χ1v) is 8.44. The Morgan fingerprint density at radius 1 is 1.20 bits per heavy atom. The van der Waals surface area contributed by atoms with Gasteiger partial charge >= 0.3 is 0 Å². The fourth-order valence-corrected chi connectivity index (χ4v) is 3.00. The molecule has 0 saturated heterocycles. The molecule has 0 spiro atoms.